The van der Waals surface area contributed by atoms with Crippen LogP contribution in [0.3, 0.4) is 0 Å². The molecule has 5 fully saturated rings. The summed E-state index contributed by atoms with van der Waals surface area (Å²) in [6, 6.07) is -2.90. The fraction of sp³-hybridized carbons (Fsp3) is 0.814. The number of ketones is 1. The van der Waals surface area contributed by atoms with E-state index in [1.807, 2.05) is 0 Å². The molecule has 6 atom stereocenters. The predicted octanol–water partition coefficient (Wildman–Crippen LogP) is 6.08. The summed E-state index contributed by atoms with van der Waals surface area (Å²) in [5.74, 6) is 1.37. The Kier molecular flexibility index (Phi) is 13.4. The van der Waals surface area contributed by atoms with Crippen LogP contribution in [0.2, 0.25) is 0 Å². The molecule has 0 spiro atoms. The van der Waals surface area contributed by atoms with E-state index in [-0.39, 0.29) is 62.4 Å². The van der Waals surface area contributed by atoms with Crippen LogP contribution in [0.25, 0.3) is 0 Å². The van der Waals surface area contributed by atoms with Crippen LogP contribution in [0.1, 0.15) is 145 Å². The Labute approximate surface area is 327 Å². The molecule has 5 rings (SSSR count). The Morgan fingerprint density at radius 2 is 1.57 bits per heavy atom. The van der Waals surface area contributed by atoms with Crippen molar-refractivity contribution in [2.45, 2.75) is 173 Å². The van der Waals surface area contributed by atoms with Crippen LogP contribution in [0.5, 0.6) is 0 Å². The largest absolute Gasteiger partial charge is 0.344 e. The van der Waals surface area contributed by atoms with Crippen LogP contribution in [-0.4, -0.2) is 87.1 Å². The zero-order valence-electron chi connectivity index (χ0n) is 34.2. The van der Waals surface area contributed by atoms with E-state index in [0.29, 0.717) is 13.0 Å². The SMILES string of the molecule is C#CCNC(=O)C(=O)C(CC1CCC1)NC(=O)[C@@H]1C2C(CN1C(=O)[C@@H](NC(=O)NC1(C/S(=C/C)C(C)(C)CC)CCCCC1)C1(C)CCCCC1)C2(C)C. The first-order valence-corrected chi connectivity index (χ1v) is 22.4. The van der Waals surface area contributed by atoms with Crippen LogP contribution in [0.15, 0.2) is 0 Å². The number of amides is 5. The van der Waals surface area contributed by atoms with E-state index < -0.39 is 41.1 Å². The van der Waals surface area contributed by atoms with E-state index in [4.69, 9.17) is 6.42 Å². The lowest BCUT2D eigenvalue weighted by molar-refractivity contribution is -0.146. The molecule has 0 radical (unpaired) electrons. The second kappa shape index (κ2) is 17.1. The third-order valence-electron chi connectivity index (χ3n) is 14.4. The fourth-order valence-electron chi connectivity index (χ4n) is 10.1. The zero-order chi connectivity index (χ0) is 39.5. The number of nitrogens with one attached hydrogen (secondary N) is 4. The quantitative estimate of drug-likeness (QED) is 0.0910. The van der Waals surface area contributed by atoms with Gasteiger partial charge < -0.3 is 26.2 Å². The van der Waals surface area contributed by atoms with Crippen LogP contribution in [0, 0.1) is 40.9 Å². The molecule has 5 aliphatic rings. The van der Waals surface area contributed by atoms with Crippen molar-refractivity contribution < 1.29 is 24.0 Å². The van der Waals surface area contributed by atoms with E-state index in [0.717, 1.165) is 95.6 Å². The molecule has 4 saturated carbocycles. The number of carbonyl (C=O) groups excluding carboxylic acids is 5. The summed E-state index contributed by atoms with van der Waals surface area (Å²) in [4.78, 5) is 71.7. The van der Waals surface area contributed by atoms with Crippen molar-refractivity contribution in [2.24, 2.45) is 28.6 Å². The zero-order valence-corrected chi connectivity index (χ0v) is 35.1. The summed E-state index contributed by atoms with van der Waals surface area (Å²) >= 11 is 0. The molecule has 1 saturated heterocycles. The minimum absolute atomic E-state index is 0.00719. The minimum atomic E-state index is -0.997. The van der Waals surface area contributed by atoms with Gasteiger partial charge in [0.2, 0.25) is 17.6 Å². The first-order chi connectivity index (χ1) is 25.5. The maximum absolute atomic E-state index is 15.1. The average Bonchev–Trinajstić information content (AvgIpc) is 3.42. The molecule has 5 amide bonds. The molecule has 0 aromatic rings. The van der Waals surface area contributed by atoms with Crippen LogP contribution >= 0.6 is 10.5 Å². The monoisotopic (exact) mass is 768 g/mol. The highest BCUT2D eigenvalue weighted by Crippen LogP contribution is 2.65. The Bertz CT molecular complexity index is 1500. The number of Topliss-reactive ketones (excluding diaryl/α,β-unsaturated/α-hetero) is 1. The average molecular weight is 768 g/mol. The van der Waals surface area contributed by atoms with Gasteiger partial charge in [-0.1, -0.05) is 111 Å². The molecule has 10 nitrogen and oxygen atoms in total. The number of nitrogens with zero attached hydrogens (tertiary/aromatic N) is 1. The molecule has 4 N–H and O–H groups in total. The molecular formula is C43H69N5O5S. The van der Waals surface area contributed by atoms with Gasteiger partial charge in [0.25, 0.3) is 5.91 Å². The maximum Gasteiger partial charge on any atom is 0.315 e. The van der Waals surface area contributed by atoms with E-state index in [1.165, 1.54) is 0 Å². The van der Waals surface area contributed by atoms with Crippen LogP contribution in [0.4, 0.5) is 4.79 Å². The van der Waals surface area contributed by atoms with Gasteiger partial charge >= 0.3 is 6.03 Å². The summed E-state index contributed by atoms with van der Waals surface area (Å²) in [7, 11) is -0.00719. The number of hydrogen-bond acceptors (Lipinski definition) is 5. The van der Waals surface area contributed by atoms with Gasteiger partial charge in [0.1, 0.15) is 12.1 Å². The highest BCUT2D eigenvalue weighted by molar-refractivity contribution is 8.16. The maximum atomic E-state index is 15.1. The Balaban J connectivity index is 1.40. The molecule has 0 bridgehead atoms. The number of fused-ring (bicyclic) bond motifs is 1. The normalized spacial score (nSPS) is 27.2. The van der Waals surface area contributed by atoms with Crippen molar-refractivity contribution in [1.82, 2.24) is 26.2 Å². The van der Waals surface area contributed by atoms with Crippen molar-refractivity contribution in [3.8, 4) is 12.3 Å². The number of likely N-dealkylation sites (tertiary alicyclic amines) is 1. The first kappa shape index (κ1) is 42.3. The number of hydrogen-bond donors (Lipinski definition) is 4. The second-order valence-electron chi connectivity index (χ2n) is 18.7. The van der Waals surface area contributed by atoms with Crippen molar-refractivity contribution in [3.05, 3.63) is 0 Å². The molecular weight excluding hydrogens is 699 g/mol. The highest BCUT2D eigenvalue weighted by atomic mass is 32.2. The van der Waals surface area contributed by atoms with Gasteiger partial charge in [-0.3, -0.25) is 19.2 Å². The topological polar surface area (TPSA) is 137 Å². The van der Waals surface area contributed by atoms with Crippen molar-refractivity contribution in [2.75, 3.05) is 18.8 Å². The summed E-state index contributed by atoms with van der Waals surface area (Å²) in [5, 5.41) is 14.5. The number of piperidine rings is 1. The fourth-order valence-corrected chi connectivity index (χ4v) is 12.6. The first-order valence-electron chi connectivity index (χ1n) is 21.0. The second-order valence-corrected chi connectivity index (χ2v) is 21.5. The summed E-state index contributed by atoms with van der Waals surface area (Å²) < 4.78 is 0.123. The van der Waals surface area contributed by atoms with E-state index in [1.54, 1.807) is 4.90 Å². The smallest absolute Gasteiger partial charge is 0.315 e. The van der Waals surface area contributed by atoms with Gasteiger partial charge in [-0.25, -0.2) is 4.79 Å². The Morgan fingerprint density at radius 3 is 2.13 bits per heavy atom. The van der Waals surface area contributed by atoms with Crippen LogP contribution in [-0.2, 0) is 19.2 Å². The van der Waals surface area contributed by atoms with Crippen molar-refractivity contribution in [3.63, 3.8) is 0 Å². The van der Waals surface area contributed by atoms with Crippen molar-refractivity contribution in [1.29, 1.82) is 0 Å². The predicted molar refractivity (Wildman–Crippen MR) is 218 cm³/mol. The van der Waals surface area contributed by atoms with Gasteiger partial charge in [0.15, 0.2) is 0 Å². The van der Waals surface area contributed by atoms with E-state index in [9.17, 15) is 19.2 Å². The molecule has 4 unspecified atom stereocenters. The summed E-state index contributed by atoms with van der Waals surface area (Å²) in [6.45, 7) is 15.7. The van der Waals surface area contributed by atoms with Gasteiger partial charge in [-0.2, -0.15) is 10.5 Å². The van der Waals surface area contributed by atoms with Gasteiger partial charge in [-0.15, -0.1) is 6.42 Å². The number of carbonyl (C=O) groups is 5. The lowest BCUT2D eigenvalue weighted by Crippen LogP contribution is -2.64. The molecule has 11 heteroatoms. The summed E-state index contributed by atoms with van der Waals surface area (Å²) in [5.41, 5.74) is -0.973. The Morgan fingerprint density at radius 1 is 0.944 bits per heavy atom. The Hall–Kier alpha value is -2.87. The third kappa shape index (κ3) is 9.05. The number of terminal acetylenes is 1. The standard InChI is InChI=1S/C43H69N5O5S/c1-9-25-44-37(51)34(49)31(26-29-19-18-20-29)45-36(50)33-32-30(41(32,6)7)27-48(33)38(52)35(42(8)21-14-12-15-22-42)46-39(53)47-43(23-16-13-17-24-43)28-54(11-3)40(4,5)10-2/h1,11,29-33,35H,10,12-28H2,2-8H3,(H,44,51)(H,45,50)(H2,46,47,53)/t30?,31?,32?,33-,35+,54?/m0/s1. The van der Waals surface area contributed by atoms with Gasteiger partial charge in [0.05, 0.1) is 18.1 Å². The van der Waals surface area contributed by atoms with Crippen molar-refractivity contribution >= 4 is 45.4 Å². The lowest BCUT2D eigenvalue weighted by Gasteiger charge is -2.45. The molecule has 302 valence electrons. The van der Waals surface area contributed by atoms with Gasteiger partial charge in [0, 0.05) is 17.0 Å². The number of urea groups is 1. The van der Waals surface area contributed by atoms with E-state index >= 15 is 4.79 Å². The minimum Gasteiger partial charge on any atom is -0.344 e. The number of rotatable bonds is 15. The van der Waals surface area contributed by atoms with E-state index in [2.05, 4.69) is 81.0 Å². The molecule has 4 aliphatic carbocycles. The molecule has 1 heterocycles. The molecule has 1 aliphatic heterocycles. The lowest BCUT2D eigenvalue weighted by atomic mass is 9.70. The van der Waals surface area contributed by atoms with Crippen LogP contribution < -0.4 is 21.3 Å². The molecule has 0 aromatic heterocycles. The highest BCUT2D eigenvalue weighted by Gasteiger charge is 2.70. The third-order valence-corrected chi connectivity index (χ3v) is 17.6. The summed E-state index contributed by atoms with van der Waals surface area (Å²) in [6.07, 6.45) is 19.5. The molecule has 0 aromatic carbocycles. The molecule has 54 heavy (non-hydrogen) atoms. The van der Waals surface area contributed by atoms with Gasteiger partial charge in [-0.05, 0) is 74.0 Å².